The maximum atomic E-state index is 12.3. The van der Waals surface area contributed by atoms with Gasteiger partial charge in [-0.2, -0.15) is 0 Å². The molecule has 6 nitrogen and oxygen atoms in total. The molecule has 1 N–H and O–H groups in total. The monoisotopic (exact) mass is 405 g/mol. The van der Waals surface area contributed by atoms with Gasteiger partial charge in [0.25, 0.3) is 5.91 Å². The molecule has 0 fully saturated rings. The fraction of sp³-hybridized carbons (Fsp3) is 0.136. The van der Waals surface area contributed by atoms with E-state index in [2.05, 4.69) is 16.9 Å². The van der Waals surface area contributed by atoms with Crippen LogP contribution < -0.4 is 15.0 Å². The molecule has 0 spiro atoms. The first kappa shape index (κ1) is 18.9. The number of rotatable bonds is 6. The lowest BCUT2D eigenvalue weighted by Gasteiger charge is -2.28. The first-order valence-corrected chi connectivity index (χ1v) is 10.00. The van der Waals surface area contributed by atoms with Crippen LogP contribution in [0.2, 0.25) is 0 Å². The van der Waals surface area contributed by atoms with E-state index < -0.39 is 0 Å². The Hall–Kier alpha value is -3.45. The van der Waals surface area contributed by atoms with Crippen molar-refractivity contribution in [2.75, 3.05) is 23.4 Å². The molecule has 2 aromatic carbocycles. The van der Waals surface area contributed by atoms with Crippen LogP contribution in [-0.2, 0) is 16.0 Å². The van der Waals surface area contributed by atoms with E-state index in [9.17, 15) is 9.59 Å². The van der Waals surface area contributed by atoms with Gasteiger partial charge in [0, 0.05) is 17.5 Å². The molecule has 0 atom stereocenters. The molecule has 3 aromatic rings. The standard InChI is InChI=1S/C22H19N3O3S/c1-2-10-25-18-12-16(8-9-19(18)28-13-21(25)27)17-14-29-22(23-17)24-20(26)11-15-6-4-3-5-7-15/h2-9,12,14H,1,10-11,13H2,(H,23,24,26). The highest BCUT2D eigenvalue weighted by atomic mass is 32.1. The minimum Gasteiger partial charge on any atom is -0.482 e. The average Bonchev–Trinajstić information content (AvgIpc) is 3.19. The van der Waals surface area contributed by atoms with E-state index in [0.717, 1.165) is 16.8 Å². The maximum absolute atomic E-state index is 12.3. The molecule has 7 heteroatoms. The number of anilines is 2. The minimum absolute atomic E-state index is 0.0223. The highest BCUT2D eigenvalue weighted by Crippen LogP contribution is 2.36. The van der Waals surface area contributed by atoms with Crippen molar-refractivity contribution in [1.29, 1.82) is 0 Å². The van der Waals surface area contributed by atoms with Crippen LogP contribution in [-0.4, -0.2) is 29.9 Å². The number of ether oxygens (including phenoxy) is 1. The summed E-state index contributed by atoms with van der Waals surface area (Å²) in [7, 11) is 0. The second-order valence-corrected chi connectivity index (χ2v) is 7.37. The Bertz CT molecular complexity index is 1060. The smallest absolute Gasteiger partial charge is 0.265 e. The molecule has 0 saturated heterocycles. The summed E-state index contributed by atoms with van der Waals surface area (Å²) < 4.78 is 5.52. The minimum atomic E-state index is -0.112. The summed E-state index contributed by atoms with van der Waals surface area (Å²) in [4.78, 5) is 30.6. The molecule has 0 aliphatic carbocycles. The summed E-state index contributed by atoms with van der Waals surface area (Å²) in [5.41, 5.74) is 3.21. The topological polar surface area (TPSA) is 71.5 Å². The van der Waals surface area contributed by atoms with Gasteiger partial charge in [0.1, 0.15) is 5.75 Å². The molecule has 29 heavy (non-hydrogen) atoms. The molecule has 2 heterocycles. The number of carbonyl (C=O) groups is 2. The number of benzene rings is 2. The molecule has 0 saturated carbocycles. The SMILES string of the molecule is C=CCN1C(=O)COc2ccc(-c3csc(NC(=O)Cc4ccccc4)n3)cc21. The third-order valence-corrected chi connectivity index (χ3v) is 5.23. The molecule has 0 radical (unpaired) electrons. The third-order valence-electron chi connectivity index (χ3n) is 4.47. The molecule has 0 bridgehead atoms. The van der Waals surface area contributed by atoms with Gasteiger partial charge >= 0.3 is 0 Å². The zero-order valence-electron chi connectivity index (χ0n) is 15.6. The van der Waals surface area contributed by atoms with E-state index in [1.807, 2.05) is 53.9 Å². The Balaban J connectivity index is 1.51. The van der Waals surface area contributed by atoms with Crippen LogP contribution in [0.25, 0.3) is 11.3 Å². The quantitative estimate of drug-likeness (QED) is 0.632. The van der Waals surface area contributed by atoms with Crippen LogP contribution in [0.4, 0.5) is 10.8 Å². The summed E-state index contributed by atoms with van der Waals surface area (Å²) in [6.07, 6.45) is 1.98. The first-order chi connectivity index (χ1) is 14.1. The lowest BCUT2D eigenvalue weighted by molar-refractivity contribution is -0.121. The highest BCUT2D eigenvalue weighted by molar-refractivity contribution is 7.14. The molecule has 0 unspecified atom stereocenters. The van der Waals surface area contributed by atoms with Gasteiger partial charge in [-0.3, -0.25) is 9.59 Å². The number of carbonyl (C=O) groups excluding carboxylic acids is 2. The summed E-state index contributed by atoms with van der Waals surface area (Å²) in [6, 6.07) is 15.2. The van der Waals surface area contributed by atoms with E-state index >= 15 is 0 Å². The van der Waals surface area contributed by atoms with Gasteiger partial charge in [-0.15, -0.1) is 17.9 Å². The van der Waals surface area contributed by atoms with Crippen LogP contribution in [0.1, 0.15) is 5.56 Å². The summed E-state index contributed by atoms with van der Waals surface area (Å²) in [5, 5.41) is 5.26. The number of hydrogen-bond donors (Lipinski definition) is 1. The normalized spacial score (nSPS) is 12.8. The zero-order chi connectivity index (χ0) is 20.2. The number of nitrogens with zero attached hydrogens (tertiary/aromatic N) is 2. The summed E-state index contributed by atoms with van der Waals surface area (Å²) in [6.45, 7) is 4.15. The Morgan fingerprint density at radius 3 is 2.90 bits per heavy atom. The van der Waals surface area contributed by atoms with Crippen LogP contribution in [0.5, 0.6) is 5.75 Å². The van der Waals surface area contributed by atoms with E-state index in [1.54, 1.807) is 11.0 Å². The molecular weight excluding hydrogens is 386 g/mol. The molecule has 4 rings (SSSR count). The molecule has 1 aliphatic heterocycles. The molecule has 2 amide bonds. The largest absolute Gasteiger partial charge is 0.482 e. The Morgan fingerprint density at radius 2 is 2.10 bits per heavy atom. The van der Waals surface area contributed by atoms with E-state index in [1.165, 1.54) is 11.3 Å². The van der Waals surface area contributed by atoms with Crippen molar-refractivity contribution >= 4 is 34.0 Å². The predicted octanol–water partition coefficient (Wildman–Crippen LogP) is 3.90. The van der Waals surface area contributed by atoms with Gasteiger partial charge in [0.15, 0.2) is 11.7 Å². The molecular formula is C22H19N3O3S. The number of thiazole rings is 1. The fourth-order valence-electron chi connectivity index (χ4n) is 3.10. The number of aromatic nitrogens is 1. The van der Waals surface area contributed by atoms with Gasteiger partial charge in [-0.25, -0.2) is 4.98 Å². The summed E-state index contributed by atoms with van der Waals surface area (Å²) in [5.74, 6) is 0.433. The average molecular weight is 405 g/mol. The number of fused-ring (bicyclic) bond motifs is 1. The van der Waals surface area contributed by atoms with Gasteiger partial charge in [-0.1, -0.05) is 36.4 Å². The van der Waals surface area contributed by atoms with Crippen LogP contribution in [0.15, 0.2) is 66.6 Å². The predicted molar refractivity (Wildman–Crippen MR) is 114 cm³/mol. The first-order valence-electron chi connectivity index (χ1n) is 9.12. The van der Waals surface area contributed by atoms with Crippen molar-refractivity contribution in [1.82, 2.24) is 4.98 Å². The van der Waals surface area contributed by atoms with E-state index in [4.69, 9.17) is 4.74 Å². The second kappa shape index (κ2) is 8.28. The second-order valence-electron chi connectivity index (χ2n) is 6.51. The van der Waals surface area contributed by atoms with E-state index in [-0.39, 0.29) is 18.4 Å². The van der Waals surface area contributed by atoms with Crippen molar-refractivity contribution in [2.45, 2.75) is 6.42 Å². The number of amides is 2. The fourth-order valence-corrected chi connectivity index (χ4v) is 3.84. The summed E-state index contributed by atoms with van der Waals surface area (Å²) >= 11 is 1.36. The molecule has 1 aromatic heterocycles. The zero-order valence-corrected chi connectivity index (χ0v) is 16.4. The number of nitrogens with one attached hydrogen (secondary N) is 1. The number of hydrogen-bond acceptors (Lipinski definition) is 5. The van der Waals surface area contributed by atoms with Crippen molar-refractivity contribution in [2.24, 2.45) is 0 Å². The van der Waals surface area contributed by atoms with Crippen LogP contribution in [0.3, 0.4) is 0 Å². The lowest BCUT2D eigenvalue weighted by Crippen LogP contribution is -2.38. The Morgan fingerprint density at radius 1 is 1.28 bits per heavy atom. The van der Waals surface area contributed by atoms with Gasteiger partial charge in [-0.05, 0) is 23.8 Å². The highest BCUT2D eigenvalue weighted by Gasteiger charge is 2.25. The third kappa shape index (κ3) is 4.20. The van der Waals surface area contributed by atoms with E-state index in [0.29, 0.717) is 29.5 Å². The van der Waals surface area contributed by atoms with Crippen molar-refractivity contribution in [3.05, 3.63) is 72.1 Å². The molecule has 146 valence electrons. The van der Waals surface area contributed by atoms with Crippen molar-refractivity contribution in [3.63, 3.8) is 0 Å². The van der Waals surface area contributed by atoms with Gasteiger partial charge in [0.05, 0.1) is 17.8 Å². The van der Waals surface area contributed by atoms with Crippen molar-refractivity contribution < 1.29 is 14.3 Å². The Kier molecular flexibility index (Phi) is 5.39. The molecule has 1 aliphatic rings. The van der Waals surface area contributed by atoms with Gasteiger partial charge in [0.2, 0.25) is 5.91 Å². The lowest BCUT2D eigenvalue weighted by atomic mass is 10.1. The van der Waals surface area contributed by atoms with Crippen molar-refractivity contribution in [3.8, 4) is 17.0 Å². The van der Waals surface area contributed by atoms with Crippen LogP contribution >= 0.6 is 11.3 Å². The Labute approximate surface area is 172 Å². The maximum Gasteiger partial charge on any atom is 0.265 e. The van der Waals surface area contributed by atoms with Crippen LogP contribution in [0, 0.1) is 0 Å². The van der Waals surface area contributed by atoms with Gasteiger partial charge < -0.3 is 15.0 Å².